The van der Waals surface area contributed by atoms with Crippen molar-refractivity contribution in [3.05, 3.63) is 47.8 Å². The molecule has 2 N–H and O–H groups in total. The standard InChI is InChI=1S/C15H14FNO/c16-14-9-12(18)4-5-13(14)10-3-6-15-11(8-10)2-1-7-17-15/h3-6,8-9,17-18H,1-2,7H2. The zero-order valence-corrected chi connectivity index (χ0v) is 9.91. The van der Waals surface area contributed by atoms with Gasteiger partial charge in [-0.25, -0.2) is 4.39 Å². The van der Waals surface area contributed by atoms with Crippen molar-refractivity contribution >= 4 is 5.69 Å². The van der Waals surface area contributed by atoms with Crippen LogP contribution in [0.15, 0.2) is 36.4 Å². The van der Waals surface area contributed by atoms with Gasteiger partial charge in [-0.3, -0.25) is 0 Å². The fraction of sp³-hybridized carbons (Fsp3) is 0.200. The molecular formula is C15H14FNO. The lowest BCUT2D eigenvalue weighted by Gasteiger charge is -2.18. The average molecular weight is 243 g/mol. The third kappa shape index (κ3) is 1.92. The molecule has 0 atom stereocenters. The second kappa shape index (κ2) is 4.33. The molecule has 0 saturated heterocycles. The number of aryl methyl sites for hydroxylation is 1. The molecule has 92 valence electrons. The summed E-state index contributed by atoms with van der Waals surface area (Å²) in [6.07, 6.45) is 2.13. The number of halogens is 1. The molecule has 1 aliphatic rings. The molecule has 0 aliphatic carbocycles. The quantitative estimate of drug-likeness (QED) is 0.802. The van der Waals surface area contributed by atoms with Crippen LogP contribution in [0.25, 0.3) is 11.1 Å². The molecule has 0 bridgehead atoms. The highest BCUT2D eigenvalue weighted by molar-refractivity contribution is 5.70. The molecule has 0 spiro atoms. The molecule has 0 fully saturated rings. The second-order valence-corrected chi connectivity index (χ2v) is 4.57. The first-order valence-electron chi connectivity index (χ1n) is 6.10. The van der Waals surface area contributed by atoms with Gasteiger partial charge in [0.15, 0.2) is 0 Å². The predicted octanol–water partition coefficient (Wildman–Crippen LogP) is 3.56. The van der Waals surface area contributed by atoms with E-state index in [9.17, 15) is 9.50 Å². The van der Waals surface area contributed by atoms with Crippen molar-refractivity contribution in [2.75, 3.05) is 11.9 Å². The van der Waals surface area contributed by atoms with Crippen molar-refractivity contribution in [3.63, 3.8) is 0 Å². The first-order valence-corrected chi connectivity index (χ1v) is 6.10. The SMILES string of the molecule is Oc1ccc(-c2ccc3c(c2)CCCN3)c(F)c1. The van der Waals surface area contributed by atoms with Crippen LogP contribution in [0.5, 0.6) is 5.75 Å². The molecule has 0 unspecified atom stereocenters. The van der Waals surface area contributed by atoms with Gasteiger partial charge in [-0.15, -0.1) is 0 Å². The van der Waals surface area contributed by atoms with Crippen molar-refractivity contribution < 1.29 is 9.50 Å². The summed E-state index contributed by atoms with van der Waals surface area (Å²) < 4.78 is 13.8. The Bertz CT molecular complexity index is 595. The van der Waals surface area contributed by atoms with Gasteiger partial charge in [0.1, 0.15) is 11.6 Å². The van der Waals surface area contributed by atoms with Gasteiger partial charge in [-0.05, 0) is 48.2 Å². The van der Waals surface area contributed by atoms with Gasteiger partial charge in [0.2, 0.25) is 0 Å². The summed E-state index contributed by atoms with van der Waals surface area (Å²) in [5.74, 6) is -0.436. The van der Waals surface area contributed by atoms with E-state index in [0.717, 1.165) is 36.7 Å². The number of hydrogen-bond donors (Lipinski definition) is 2. The summed E-state index contributed by atoms with van der Waals surface area (Å²) >= 11 is 0. The number of hydrogen-bond acceptors (Lipinski definition) is 2. The minimum absolute atomic E-state index is 0.0455. The number of benzene rings is 2. The fourth-order valence-electron chi connectivity index (χ4n) is 2.38. The fourth-order valence-corrected chi connectivity index (χ4v) is 2.38. The number of rotatable bonds is 1. The number of aromatic hydroxyl groups is 1. The maximum absolute atomic E-state index is 13.8. The van der Waals surface area contributed by atoms with Crippen LogP contribution in [0.3, 0.4) is 0 Å². The zero-order chi connectivity index (χ0) is 12.5. The highest BCUT2D eigenvalue weighted by Crippen LogP contribution is 2.30. The molecule has 1 heterocycles. The van der Waals surface area contributed by atoms with E-state index in [2.05, 4.69) is 5.32 Å². The van der Waals surface area contributed by atoms with Gasteiger partial charge in [0, 0.05) is 23.9 Å². The number of phenols is 1. The molecule has 0 radical (unpaired) electrons. The molecule has 3 heteroatoms. The monoisotopic (exact) mass is 243 g/mol. The summed E-state index contributed by atoms with van der Waals surface area (Å²) in [6, 6.07) is 10.2. The van der Waals surface area contributed by atoms with Crippen LogP contribution in [0.2, 0.25) is 0 Å². The Kier molecular flexibility index (Phi) is 2.67. The molecule has 0 amide bonds. The Hall–Kier alpha value is -2.03. The Morgan fingerprint density at radius 1 is 1.11 bits per heavy atom. The highest BCUT2D eigenvalue weighted by Gasteiger charge is 2.11. The van der Waals surface area contributed by atoms with Crippen molar-refractivity contribution in [2.45, 2.75) is 12.8 Å². The largest absolute Gasteiger partial charge is 0.508 e. The van der Waals surface area contributed by atoms with E-state index in [1.807, 2.05) is 18.2 Å². The van der Waals surface area contributed by atoms with Crippen molar-refractivity contribution in [3.8, 4) is 16.9 Å². The van der Waals surface area contributed by atoms with Gasteiger partial charge in [-0.2, -0.15) is 0 Å². The topological polar surface area (TPSA) is 32.3 Å². The lowest BCUT2D eigenvalue weighted by molar-refractivity contribution is 0.469. The van der Waals surface area contributed by atoms with Crippen molar-refractivity contribution in [1.82, 2.24) is 0 Å². The highest BCUT2D eigenvalue weighted by atomic mass is 19.1. The first-order chi connectivity index (χ1) is 8.74. The van der Waals surface area contributed by atoms with Crippen molar-refractivity contribution in [1.29, 1.82) is 0 Å². The third-order valence-corrected chi connectivity index (χ3v) is 3.31. The van der Waals surface area contributed by atoms with Gasteiger partial charge in [0.25, 0.3) is 0 Å². The maximum Gasteiger partial charge on any atom is 0.134 e. The molecular weight excluding hydrogens is 229 g/mol. The van der Waals surface area contributed by atoms with Crippen LogP contribution in [0, 0.1) is 5.82 Å². The molecule has 18 heavy (non-hydrogen) atoms. The van der Waals surface area contributed by atoms with Crippen LogP contribution in [-0.4, -0.2) is 11.7 Å². The Balaban J connectivity index is 2.06. The normalized spacial score (nSPS) is 13.8. The molecule has 2 aromatic carbocycles. The molecule has 3 rings (SSSR count). The lowest BCUT2D eigenvalue weighted by Crippen LogP contribution is -2.11. The van der Waals surface area contributed by atoms with E-state index < -0.39 is 5.82 Å². The van der Waals surface area contributed by atoms with E-state index in [0.29, 0.717) is 5.56 Å². The van der Waals surface area contributed by atoms with E-state index in [4.69, 9.17) is 0 Å². The van der Waals surface area contributed by atoms with E-state index >= 15 is 0 Å². The summed E-state index contributed by atoms with van der Waals surface area (Å²) in [6.45, 7) is 1.000. The average Bonchev–Trinajstić information content (AvgIpc) is 2.38. The smallest absolute Gasteiger partial charge is 0.134 e. The van der Waals surface area contributed by atoms with Crippen LogP contribution < -0.4 is 5.32 Å². The number of fused-ring (bicyclic) bond motifs is 1. The number of phenolic OH excluding ortho intramolecular Hbond substituents is 1. The van der Waals surface area contributed by atoms with Gasteiger partial charge in [-0.1, -0.05) is 6.07 Å². The summed E-state index contributed by atoms with van der Waals surface area (Å²) in [5, 5.41) is 12.6. The predicted molar refractivity (Wildman–Crippen MR) is 70.3 cm³/mol. The van der Waals surface area contributed by atoms with Gasteiger partial charge in [0.05, 0.1) is 0 Å². The molecule has 1 aliphatic heterocycles. The Morgan fingerprint density at radius 2 is 2.00 bits per heavy atom. The van der Waals surface area contributed by atoms with Gasteiger partial charge >= 0.3 is 0 Å². The maximum atomic E-state index is 13.8. The minimum Gasteiger partial charge on any atom is -0.508 e. The van der Waals surface area contributed by atoms with E-state index in [1.54, 1.807) is 6.07 Å². The number of anilines is 1. The van der Waals surface area contributed by atoms with E-state index in [-0.39, 0.29) is 5.75 Å². The minimum atomic E-state index is -0.390. The summed E-state index contributed by atoms with van der Waals surface area (Å²) in [7, 11) is 0. The van der Waals surface area contributed by atoms with Crippen molar-refractivity contribution in [2.24, 2.45) is 0 Å². The molecule has 2 nitrogen and oxygen atoms in total. The summed E-state index contributed by atoms with van der Waals surface area (Å²) in [5.41, 5.74) is 3.76. The third-order valence-electron chi connectivity index (χ3n) is 3.31. The second-order valence-electron chi connectivity index (χ2n) is 4.57. The van der Waals surface area contributed by atoms with E-state index in [1.165, 1.54) is 11.6 Å². The molecule has 0 saturated carbocycles. The Labute approximate surface area is 105 Å². The van der Waals surface area contributed by atoms with Gasteiger partial charge < -0.3 is 10.4 Å². The van der Waals surface area contributed by atoms with Crippen LogP contribution in [0.4, 0.5) is 10.1 Å². The first kappa shape index (κ1) is 11.1. The molecule has 2 aromatic rings. The van der Waals surface area contributed by atoms with Crippen LogP contribution in [0.1, 0.15) is 12.0 Å². The lowest BCUT2D eigenvalue weighted by atomic mass is 9.97. The Morgan fingerprint density at radius 3 is 2.83 bits per heavy atom. The number of nitrogens with one attached hydrogen (secondary N) is 1. The molecule has 0 aromatic heterocycles. The van der Waals surface area contributed by atoms with Crippen LogP contribution in [-0.2, 0) is 6.42 Å². The van der Waals surface area contributed by atoms with Crippen LogP contribution >= 0.6 is 0 Å². The zero-order valence-electron chi connectivity index (χ0n) is 9.91. The summed E-state index contributed by atoms with van der Waals surface area (Å²) in [4.78, 5) is 0.